The summed E-state index contributed by atoms with van der Waals surface area (Å²) in [5, 5.41) is 10.7. The molecule has 1 aromatic carbocycles. The average molecular weight is 846 g/mol. The number of benzene rings is 1. The number of allylic oxidation sites excluding steroid dienone is 9. The number of methoxy groups -OCH3 is 1. The topological polar surface area (TPSA) is 147 Å². The number of esters is 4. The summed E-state index contributed by atoms with van der Waals surface area (Å²) in [6.07, 6.45) is 9.83. The zero-order chi connectivity index (χ0) is 45.2. The first-order chi connectivity index (χ1) is 27.8. The monoisotopic (exact) mass is 845 g/mol. The smallest absolute Gasteiger partial charge is 0.339 e. The van der Waals surface area contributed by atoms with Gasteiger partial charge in [0.2, 0.25) is 0 Å². The molecule has 60 heavy (non-hydrogen) atoms. The van der Waals surface area contributed by atoms with Gasteiger partial charge in [0, 0.05) is 33.6 Å². The molecule has 1 saturated heterocycles. The predicted molar refractivity (Wildman–Crippen MR) is 234 cm³/mol. The molecule has 0 bridgehead atoms. The zero-order valence-electron chi connectivity index (χ0n) is 38.2. The van der Waals surface area contributed by atoms with E-state index in [0.29, 0.717) is 0 Å². The van der Waals surface area contributed by atoms with Crippen molar-refractivity contribution < 1.29 is 47.3 Å². The Morgan fingerprint density at radius 1 is 0.883 bits per heavy atom. The molecule has 3 unspecified atom stereocenters. The van der Waals surface area contributed by atoms with Crippen LogP contribution in [0.25, 0.3) is 0 Å². The van der Waals surface area contributed by atoms with Crippen LogP contribution in [0.4, 0.5) is 0 Å². The van der Waals surface area contributed by atoms with Gasteiger partial charge < -0.3 is 28.1 Å². The minimum Gasteiger partial charge on any atom is -0.467 e. The highest BCUT2D eigenvalue weighted by molar-refractivity contribution is 6.74. The van der Waals surface area contributed by atoms with Crippen molar-refractivity contribution in [2.24, 2.45) is 5.41 Å². The maximum absolute atomic E-state index is 12.9. The molecule has 0 spiro atoms. The maximum atomic E-state index is 12.9. The molecule has 1 aromatic rings. The number of hydrogen-bond donors (Lipinski definition) is 0. The fraction of sp³-hybridized carbons (Fsp3) is 0.562. The second-order valence-corrected chi connectivity index (χ2v) is 23.0. The van der Waals surface area contributed by atoms with Crippen LogP contribution in [0.5, 0.6) is 0 Å². The van der Waals surface area contributed by atoms with E-state index in [1.54, 1.807) is 0 Å². The lowest BCUT2D eigenvalue weighted by atomic mass is 9.72. The van der Waals surface area contributed by atoms with E-state index in [-0.39, 0.29) is 23.3 Å². The van der Waals surface area contributed by atoms with Crippen LogP contribution in [-0.4, -0.2) is 75.4 Å². The Kier molecular flexibility index (Phi) is 17.3. The minimum absolute atomic E-state index is 0.112. The standard InChI is InChI=1S/C48H67NO10Si/c1-31(20-25-39-33(3)19-16-26-47(39,10)11)17-15-18-32(2)28-48(30-49,59-60(13,14)46(7,8)9)29-38-23-21-37(22-24-38)27-40-41(55-34(4)50)42(56-35(5)51)43(57-36(6)52)44(58-40)45(53)54-12/h15,17-18,20-25,28,40-44H,16,19,26-27,29H2,1-14H3/b18-15+,25-20+,31-17+,32-28+/t40-,41?,42+,43-,44?,48?/m0/s1. The molecule has 12 heteroatoms. The molecule has 6 atom stereocenters. The van der Waals surface area contributed by atoms with Crippen LogP contribution >= 0.6 is 0 Å². The van der Waals surface area contributed by atoms with Gasteiger partial charge in [-0.2, -0.15) is 5.26 Å². The van der Waals surface area contributed by atoms with Crippen molar-refractivity contribution in [3.8, 4) is 6.07 Å². The van der Waals surface area contributed by atoms with Gasteiger partial charge in [0.15, 0.2) is 38.3 Å². The predicted octanol–water partition coefficient (Wildman–Crippen LogP) is 9.32. The number of carbonyl (C=O) groups is 4. The number of nitriles is 1. The van der Waals surface area contributed by atoms with Gasteiger partial charge in [-0.1, -0.05) is 106 Å². The number of nitrogens with zero attached hydrogens (tertiary/aromatic N) is 1. The van der Waals surface area contributed by atoms with Crippen LogP contribution in [0, 0.1) is 16.7 Å². The molecular formula is C48H67NO10Si. The van der Waals surface area contributed by atoms with Gasteiger partial charge >= 0.3 is 23.9 Å². The van der Waals surface area contributed by atoms with Crippen molar-refractivity contribution in [1.82, 2.24) is 0 Å². The Morgan fingerprint density at radius 3 is 1.98 bits per heavy atom. The molecule has 0 saturated carbocycles. The Balaban J connectivity index is 1.96. The number of hydrogen-bond acceptors (Lipinski definition) is 11. The summed E-state index contributed by atoms with van der Waals surface area (Å²) in [5.41, 5.74) is 5.33. The molecule has 0 amide bonds. The first-order valence-electron chi connectivity index (χ1n) is 20.7. The summed E-state index contributed by atoms with van der Waals surface area (Å²) in [6.45, 7) is 25.1. The highest BCUT2D eigenvalue weighted by atomic mass is 28.4. The van der Waals surface area contributed by atoms with E-state index in [4.69, 9.17) is 28.1 Å². The Morgan fingerprint density at radius 2 is 1.45 bits per heavy atom. The zero-order valence-corrected chi connectivity index (χ0v) is 39.2. The molecule has 0 N–H and O–H groups in total. The maximum Gasteiger partial charge on any atom is 0.339 e. The molecule has 2 aliphatic rings. The molecule has 1 aliphatic heterocycles. The lowest BCUT2D eigenvalue weighted by molar-refractivity contribution is -0.248. The van der Waals surface area contributed by atoms with Crippen LogP contribution in [0.15, 0.2) is 83.0 Å². The van der Waals surface area contributed by atoms with Crippen LogP contribution in [-0.2, 0) is 60.1 Å². The van der Waals surface area contributed by atoms with Crippen molar-refractivity contribution in [3.05, 3.63) is 94.1 Å². The number of carbonyl (C=O) groups excluding carboxylic acids is 4. The van der Waals surface area contributed by atoms with E-state index in [2.05, 4.69) is 85.9 Å². The Labute approximate surface area is 359 Å². The molecule has 0 radical (unpaired) electrons. The summed E-state index contributed by atoms with van der Waals surface area (Å²) in [6, 6.07) is 10.0. The lowest BCUT2D eigenvalue weighted by Gasteiger charge is -2.43. The van der Waals surface area contributed by atoms with E-state index in [9.17, 15) is 24.4 Å². The fourth-order valence-corrected chi connectivity index (χ4v) is 8.96. The fourth-order valence-electron chi connectivity index (χ4n) is 7.56. The minimum atomic E-state index is -2.47. The molecule has 3 rings (SSSR count). The van der Waals surface area contributed by atoms with E-state index in [0.717, 1.165) is 49.7 Å². The van der Waals surface area contributed by atoms with Gasteiger partial charge in [-0.3, -0.25) is 14.4 Å². The second kappa shape index (κ2) is 20.8. The summed E-state index contributed by atoms with van der Waals surface area (Å²) in [7, 11) is -1.32. The quantitative estimate of drug-likeness (QED) is 0.0720. The molecule has 0 aromatic heterocycles. The molecule has 1 heterocycles. The lowest BCUT2D eigenvalue weighted by Crippen LogP contribution is -2.63. The highest BCUT2D eigenvalue weighted by Crippen LogP contribution is 2.42. The van der Waals surface area contributed by atoms with E-state index in [1.807, 2.05) is 49.4 Å². The van der Waals surface area contributed by atoms with Crippen molar-refractivity contribution in [3.63, 3.8) is 0 Å². The average Bonchev–Trinajstić information content (AvgIpc) is 3.12. The van der Waals surface area contributed by atoms with Gasteiger partial charge in [-0.25, -0.2) is 4.79 Å². The number of rotatable bonds is 15. The Hall–Kier alpha value is -4.57. The van der Waals surface area contributed by atoms with E-state index >= 15 is 0 Å². The van der Waals surface area contributed by atoms with Gasteiger partial charge in [0.1, 0.15) is 12.2 Å². The van der Waals surface area contributed by atoms with Gasteiger partial charge in [-0.05, 0) is 86.4 Å². The largest absolute Gasteiger partial charge is 0.467 e. The van der Waals surface area contributed by atoms with Crippen molar-refractivity contribution in [2.45, 2.75) is 163 Å². The first-order valence-corrected chi connectivity index (χ1v) is 23.6. The number of ether oxygens (including phenoxy) is 5. The van der Waals surface area contributed by atoms with Crippen molar-refractivity contribution >= 4 is 32.2 Å². The molecular weight excluding hydrogens is 779 g/mol. The van der Waals surface area contributed by atoms with Crippen LogP contribution in [0.2, 0.25) is 18.1 Å². The van der Waals surface area contributed by atoms with Gasteiger partial charge in [0.25, 0.3) is 0 Å². The van der Waals surface area contributed by atoms with Crippen molar-refractivity contribution in [2.75, 3.05) is 7.11 Å². The summed E-state index contributed by atoms with van der Waals surface area (Å²) in [4.78, 5) is 49.6. The molecule has 1 fully saturated rings. The van der Waals surface area contributed by atoms with Crippen molar-refractivity contribution in [1.29, 1.82) is 5.26 Å². The van der Waals surface area contributed by atoms with Crippen LogP contribution in [0.3, 0.4) is 0 Å². The molecule has 11 nitrogen and oxygen atoms in total. The summed E-state index contributed by atoms with van der Waals surface area (Å²) in [5.74, 6) is -3.06. The third-order valence-electron chi connectivity index (χ3n) is 11.6. The summed E-state index contributed by atoms with van der Waals surface area (Å²) < 4.78 is 34.6. The summed E-state index contributed by atoms with van der Waals surface area (Å²) >= 11 is 0. The first kappa shape index (κ1) is 49.8. The van der Waals surface area contributed by atoms with Crippen LogP contribution < -0.4 is 0 Å². The van der Waals surface area contributed by atoms with Crippen LogP contribution in [0.1, 0.15) is 107 Å². The SMILES string of the molecule is COC(=O)C1O[C@@H](Cc2ccc(CC(C#N)(/C=C(C)/C=C/C=C(C)/C=C/C3=C(C)CCCC3(C)C)O[Si](C)(C)C(C)(C)C)cc2)C(OC(C)=O)[C@@H](OC(C)=O)[C@@H]1OC(C)=O. The molecule has 1 aliphatic carbocycles. The second-order valence-electron chi connectivity index (χ2n) is 18.3. The third-order valence-corrected chi connectivity index (χ3v) is 16.1. The van der Waals surface area contributed by atoms with Gasteiger partial charge in [0.05, 0.1) is 7.11 Å². The molecule has 328 valence electrons. The van der Waals surface area contributed by atoms with Gasteiger partial charge in [-0.15, -0.1) is 0 Å². The third kappa shape index (κ3) is 13.7. The van der Waals surface area contributed by atoms with E-state index in [1.165, 1.54) is 30.9 Å². The highest BCUT2D eigenvalue weighted by Gasteiger charge is 2.54. The Bertz CT molecular complexity index is 1920. The van der Waals surface area contributed by atoms with E-state index < -0.39 is 68.3 Å². The normalized spacial score (nSPS) is 23.8.